The minimum atomic E-state index is -3.35. The average molecular weight is 425 g/mol. The van der Waals surface area contributed by atoms with Crippen LogP contribution < -0.4 is 5.32 Å². The number of unbranched alkanes of at least 4 members (excludes halogenated alkanes) is 1. The fourth-order valence-electron chi connectivity index (χ4n) is 3.33. The Morgan fingerprint density at radius 1 is 1.32 bits per heavy atom. The Labute approximate surface area is 170 Å². The topological polar surface area (TPSA) is 84.3 Å². The molecule has 152 valence electrons. The number of anilines is 1. The van der Waals surface area contributed by atoms with E-state index in [4.69, 9.17) is 11.6 Å². The number of carbonyl (C=O) groups excluding carboxylic acids is 1. The molecule has 28 heavy (non-hydrogen) atoms. The zero-order chi connectivity index (χ0) is 20.1. The lowest BCUT2D eigenvalue weighted by molar-refractivity contribution is -0.119. The van der Waals surface area contributed by atoms with Crippen LogP contribution in [0.5, 0.6) is 0 Å². The maximum Gasteiger partial charge on any atom is 0.242 e. The minimum absolute atomic E-state index is 0.113. The van der Waals surface area contributed by atoms with Crippen LogP contribution in [0, 0.1) is 0 Å². The molecule has 1 atom stereocenters. The molecule has 0 saturated carbocycles. The molecule has 1 amide bonds. The largest absolute Gasteiger partial charge is 0.322 e. The lowest BCUT2D eigenvalue weighted by Crippen LogP contribution is -2.44. The molecule has 3 rings (SSSR count). The number of rotatable bonds is 8. The van der Waals surface area contributed by atoms with E-state index in [0.29, 0.717) is 36.6 Å². The SMILES string of the molecule is CCCC[C@@H](C(=O)Nc1cnn(Cc2ccc(Cl)cc2)c1)N1CCCS1(=O)=O. The van der Waals surface area contributed by atoms with Gasteiger partial charge in [0.05, 0.1) is 24.2 Å². The number of nitrogens with zero attached hydrogens (tertiary/aromatic N) is 3. The second-order valence-corrected chi connectivity index (χ2v) is 9.46. The van der Waals surface area contributed by atoms with E-state index in [9.17, 15) is 13.2 Å². The molecular formula is C19H25ClN4O3S. The summed E-state index contributed by atoms with van der Waals surface area (Å²) >= 11 is 5.90. The van der Waals surface area contributed by atoms with Gasteiger partial charge in [-0.1, -0.05) is 43.5 Å². The molecule has 1 N–H and O–H groups in total. The number of aromatic nitrogens is 2. The summed E-state index contributed by atoms with van der Waals surface area (Å²) in [7, 11) is -3.35. The molecule has 1 fully saturated rings. The third-order valence-corrected chi connectivity index (χ3v) is 6.99. The van der Waals surface area contributed by atoms with Crippen LogP contribution in [-0.2, 0) is 21.4 Å². The quantitative estimate of drug-likeness (QED) is 0.705. The molecule has 1 aliphatic heterocycles. The molecule has 0 bridgehead atoms. The van der Waals surface area contributed by atoms with Crippen molar-refractivity contribution in [2.45, 2.75) is 45.2 Å². The third kappa shape index (κ3) is 5.12. The van der Waals surface area contributed by atoms with Gasteiger partial charge in [0.1, 0.15) is 6.04 Å². The molecule has 9 heteroatoms. The smallest absolute Gasteiger partial charge is 0.242 e. The predicted octanol–water partition coefficient (Wildman–Crippen LogP) is 3.12. The average Bonchev–Trinajstić information content (AvgIpc) is 3.23. The Hall–Kier alpha value is -1.90. The van der Waals surface area contributed by atoms with Crippen LogP contribution >= 0.6 is 11.6 Å². The van der Waals surface area contributed by atoms with Gasteiger partial charge in [0.2, 0.25) is 15.9 Å². The molecule has 1 aromatic heterocycles. The third-order valence-electron chi connectivity index (χ3n) is 4.78. The van der Waals surface area contributed by atoms with Gasteiger partial charge < -0.3 is 5.32 Å². The first kappa shape index (κ1) is 20.8. The van der Waals surface area contributed by atoms with E-state index in [0.717, 1.165) is 18.4 Å². The highest BCUT2D eigenvalue weighted by atomic mass is 35.5. The van der Waals surface area contributed by atoms with Gasteiger partial charge in [-0.15, -0.1) is 0 Å². The van der Waals surface area contributed by atoms with Crippen molar-refractivity contribution in [2.24, 2.45) is 0 Å². The van der Waals surface area contributed by atoms with Crippen molar-refractivity contribution < 1.29 is 13.2 Å². The highest BCUT2D eigenvalue weighted by molar-refractivity contribution is 7.89. The number of hydrogen-bond donors (Lipinski definition) is 1. The molecule has 0 aliphatic carbocycles. The predicted molar refractivity (Wildman–Crippen MR) is 110 cm³/mol. The van der Waals surface area contributed by atoms with E-state index >= 15 is 0 Å². The zero-order valence-electron chi connectivity index (χ0n) is 15.8. The lowest BCUT2D eigenvalue weighted by Gasteiger charge is -2.25. The summed E-state index contributed by atoms with van der Waals surface area (Å²) in [5.74, 6) is -0.188. The molecular weight excluding hydrogens is 400 g/mol. The first-order valence-electron chi connectivity index (χ1n) is 9.46. The highest BCUT2D eigenvalue weighted by Crippen LogP contribution is 2.22. The highest BCUT2D eigenvalue weighted by Gasteiger charge is 2.37. The summed E-state index contributed by atoms with van der Waals surface area (Å²) in [5, 5.41) is 7.78. The second-order valence-electron chi connectivity index (χ2n) is 6.98. The van der Waals surface area contributed by atoms with E-state index in [-0.39, 0.29) is 11.7 Å². The van der Waals surface area contributed by atoms with E-state index in [1.54, 1.807) is 17.1 Å². The van der Waals surface area contributed by atoms with Gasteiger partial charge in [-0.05, 0) is 30.5 Å². The second kappa shape index (κ2) is 9.07. The molecule has 2 heterocycles. The van der Waals surface area contributed by atoms with Crippen molar-refractivity contribution in [3.8, 4) is 0 Å². The van der Waals surface area contributed by atoms with Crippen LogP contribution in [-0.4, -0.2) is 46.8 Å². The Kier molecular flexibility index (Phi) is 6.74. The molecule has 0 unspecified atom stereocenters. The van der Waals surface area contributed by atoms with Crippen LogP contribution in [0.15, 0.2) is 36.7 Å². The van der Waals surface area contributed by atoms with Gasteiger partial charge in [0, 0.05) is 17.8 Å². The van der Waals surface area contributed by atoms with Gasteiger partial charge in [-0.25, -0.2) is 8.42 Å². The van der Waals surface area contributed by atoms with Crippen molar-refractivity contribution in [2.75, 3.05) is 17.6 Å². The summed E-state index contributed by atoms with van der Waals surface area (Å²) in [6.45, 7) is 2.97. The Balaban J connectivity index is 1.68. The molecule has 0 radical (unpaired) electrons. The fourth-order valence-corrected chi connectivity index (χ4v) is 5.18. The number of nitrogens with one attached hydrogen (secondary N) is 1. The van der Waals surface area contributed by atoms with Gasteiger partial charge >= 0.3 is 0 Å². The Morgan fingerprint density at radius 2 is 2.07 bits per heavy atom. The summed E-state index contributed by atoms with van der Waals surface area (Å²) < 4.78 is 27.6. The van der Waals surface area contributed by atoms with Crippen molar-refractivity contribution in [3.63, 3.8) is 0 Å². The number of amides is 1. The molecule has 2 aromatic rings. The number of carbonyl (C=O) groups is 1. The van der Waals surface area contributed by atoms with E-state index in [2.05, 4.69) is 10.4 Å². The maximum absolute atomic E-state index is 12.8. The van der Waals surface area contributed by atoms with Gasteiger partial charge in [0.25, 0.3) is 0 Å². The number of halogens is 1. The van der Waals surface area contributed by atoms with Crippen molar-refractivity contribution in [1.82, 2.24) is 14.1 Å². The molecule has 0 spiro atoms. The molecule has 1 aromatic carbocycles. The van der Waals surface area contributed by atoms with Crippen LogP contribution in [0.25, 0.3) is 0 Å². The molecule has 1 aliphatic rings. The van der Waals surface area contributed by atoms with Gasteiger partial charge in [0.15, 0.2) is 0 Å². The zero-order valence-corrected chi connectivity index (χ0v) is 17.4. The first-order chi connectivity index (χ1) is 13.4. The maximum atomic E-state index is 12.8. The summed E-state index contributed by atoms with van der Waals surface area (Å²) in [4.78, 5) is 12.8. The summed E-state index contributed by atoms with van der Waals surface area (Å²) in [6.07, 6.45) is 6.08. The van der Waals surface area contributed by atoms with E-state index < -0.39 is 16.1 Å². The first-order valence-corrected chi connectivity index (χ1v) is 11.4. The standard InChI is InChI=1S/C19H25ClN4O3S/c1-2-3-5-18(24-10-4-11-28(24,26)27)19(25)22-17-12-21-23(14-17)13-15-6-8-16(20)9-7-15/h6-9,12,14,18H,2-5,10-11,13H2,1H3,(H,22,25)/t18-/m0/s1. The van der Waals surface area contributed by atoms with E-state index in [1.807, 2.05) is 31.2 Å². The number of hydrogen-bond acceptors (Lipinski definition) is 4. The number of benzene rings is 1. The van der Waals surface area contributed by atoms with Crippen LogP contribution in [0.2, 0.25) is 5.02 Å². The van der Waals surface area contributed by atoms with Crippen molar-refractivity contribution >= 4 is 33.2 Å². The van der Waals surface area contributed by atoms with Crippen molar-refractivity contribution in [1.29, 1.82) is 0 Å². The number of sulfonamides is 1. The normalized spacial score (nSPS) is 17.5. The lowest BCUT2D eigenvalue weighted by atomic mass is 10.1. The Morgan fingerprint density at radius 3 is 2.71 bits per heavy atom. The summed E-state index contributed by atoms with van der Waals surface area (Å²) in [5.41, 5.74) is 1.59. The fraction of sp³-hybridized carbons (Fsp3) is 0.474. The minimum Gasteiger partial charge on any atom is -0.322 e. The van der Waals surface area contributed by atoms with Crippen LogP contribution in [0.4, 0.5) is 5.69 Å². The summed E-state index contributed by atoms with van der Waals surface area (Å²) in [6, 6.07) is 6.80. The van der Waals surface area contributed by atoms with E-state index in [1.165, 1.54) is 4.31 Å². The van der Waals surface area contributed by atoms with Crippen molar-refractivity contribution in [3.05, 3.63) is 47.2 Å². The van der Waals surface area contributed by atoms with Gasteiger partial charge in [-0.3, -0.25) is 9.48 Å². The molecule has 7 nitrogen and oxygen atoms in total. The van der Waals surface area contributed by atoms with Gasteiger partial charge in [-0.2, -0.15) is 9.40 Å². The monoisotopic (exact) mass is 424 g/mol. The van der Waals surface area contributed by atoms with Crippen LogP contribution in [0.1, 0.15) is 38.2 Å². The van der Waals surface area contributed by atoms with Crippen LogP contribution in [0.3, 0.4) is 0 Å². The molecule has 1 saturated heterocycles. The Bertz CT molecular complexity index is 912.